The van der Waals surface area contributed by atoms with Crippen LogP contribution in [0.4, 0.5) is 4.39 Å². The van der Waals surface area contributed by atoms with Crippen molar-refractivity contribution in [2.45, 2.75) is 32.9 Å². The Bertz CT molecular complexity index is 836. The Morgan fingerprint density at radius 1 is 1.26 bits per heavy atom. The van der Waals surface area contributed by atoms with Crippen molar-refractivity contribution in [1.29, 1.82) is 0 Å². The molecule has 0 aromatic heterocycles. The van der Waals surface area contributed by atoms with Gasteiger partial charge in [0.05, 0.1) is 12.3 Å². The first-order chi connectivity index (χ1) is 12.9. The van der Waals surface area contributed by atoms with E-state index in [4.69, 9.17) is 16.4 Å². The Labute approximate surface area is 163 Å². The second kappa shape index (κ2) is 8.53. The van der Waals surface area contributed by atoms with E-state index in [9.17, 15) is 9.18 Å². The van der Waals surface area contributed by atoms with Gasteiger partial charge >= 0.3 is 0 Å². The van der Waals surface area contributed by atoms with Crippen LogP contribution in [0.15, 0.2) is 53.7 Å². The third-order valence-corrected chi connectivity index (χ3v) is 4.83. The average Bonchev–Trinajstić information content (AvgIpc) is 3.11. The van der Waals surface area contributed by atoms with Crippen LogP contribution < -0.4 is 0 Å². The Morgan fingerprint density at radius 2 is 1.96 bits per heavy atom. The second-order valence-corrected chi connectivity index (χ2v) is 7.35. The van der Waals surface area contributed by atoms with Gasteiger partial charge in [0.15, 0.2) is 6.10 Å². The molecule has 0 spiro atoms. The molecule has 0 saturated carbocycles. The lowest BCUT2D eigenvalue weighted by molar-refractivity contribution is -0.136. The largest absolute Gasteiger partial charge is 0.390 e. The van der Waals surface area contributed by atoms with E-state index in [1.807, 2.05) is 38.1 Å². The quantitative estimate of drug-likeness (QED) is 0.722. The molecule has 27 heavy (non-hydrogen) atoms. The van der Waals surface area contributed by atoms with E-state index in [0.717, 1.165) is 16.8 Å². The number of hydrogen-bond acceptors (Lipinski definition) is 3. The van der Waals surface area contributed by atoms with Crippen LogP contribution in [-0.4, -0.2) is 29.2 Å². The molecule has 0 saturated heterocycles. The van der Waals surface area contributed by atoms with Crippen molar-refractivity contribution in [2.24, 2.45) is 11.1 Å². The zero-order valence-corrected chi connectivity index (χ0v) is 16.1. The van der Waals surface area contributed by atoms with Crippen LogP contribution in [-0.2, 0) is 16.2 Å². The third kappa shape index (κ3) is 4.86. The van der Waals surface area contributed by atoms with Crippen molar-refractivity contribution < 1.29 is 14.0 Å². The molecule has 6 heteroatoms. The van der Waals surface area contributed by atoms with Crippen LogP contribution in [0.5, 0.6) is 0 Å². The van der Waals surface area contributed by atoms with Crippen LogP contribution in [0.25, 0.3) is 0 Å². The van der Waals surface area contributed by atoms with E-state index in [1.54, 1.807) is 17.0 Å². The first kappa shape index (κ1) is 19.4. The zero-order valence-electron chi connectivity index (χ0n) is 15.4. The predicted octanol–water partition coefficient (Wildman–Crippen LogP) is 4.66. The van der Waals surface area contributed by atoms with Gasteiger partial charge in [0.2, 0.25) is 5.91 Å². The van der Waals surface area contributed by atoms with Crippen LogP contribution >= 0.6 is 11.6 Å². The minimum Gasteiger partial charge on any atom is -0.390 e. The molecule has 1 amide bonds. The summed E-state index contributed by atoms with van der Waals surface area (Å²) in [5.41, 5.74) is 2.48. The molecule has 0 aliphatic carbocycles. The molecule has 1 heterocycles. The molecule has 2 aromatic rings. The van der Waals surface area contributed by atoms with Gasteiger partial charge in [0.1, 0.15) is 5.82 Å². The molecule has 0 fully saturated rings. The molecule has 1 unspecified atom stereocenters. The van der Waals surface area contributed by atoms with E-state index >= 15 is 0 Å². The van der Waals surface area contributed by atoms with E-state index in [1.165, 1.54) is 12.1 Å². The van der Waals surface area contributed by atoms with Gasteiger partial charge in [-0.05, 0) is 29.3 Å². The minimum absolute atomic E-state index is 0.0359. The molecule has 1 aliphatic heterocycles. The molecule has 1 atom stereocenters. The number of benzene rings is 2. The van der Waals surface area contributed by atoms with Crippen molar-refractivity contribution in [3.8, 4) is 0 Å². The van der Waals surface area contributed by atoms with Gasteiger partial charge in [-0.3, -0.25) is 4.79 Å². The standard InChI is InChI=1S/C21H22ClFN2O2/c1-14(2)21(26)25(12-16-5-3-4-6-19(16)22)13-18-11-20(24-27-18)15-7-9-17(23)10-8-15/h3-10,14,18H,11-13H2,1-2H3. The van der Waals surface area contributed by atoms with E-state index < -0.39 is 0 Å². The van der Waals surface area contributed by atoms with Gasteiger partial charge in [-0.15, -0.1) is 0 Å². The lowest BCUT2D eigenvalue weighted by Gasteiger charge is -2.27. The fourth-order valence-corrected chi connectivity index (χ4v) is 3.21. The molecule has 0 bridgehead atoms. The van der Waals surface area contributed by atoms with E-state index in [0.29, 0.717) is 24.5 Å². The molecule has 3 rings (SSSR count). The maximum Gasteiger partial charge on any atom is 0.225 e. The Kier molecular flexibility index (Phi) is 6.11. The van der Waals surface area contributed by atoms with Crippen LogP contribution in [0.3, 0.4) is 0 Å². The molecule has 4 nitrogen and oxygen atoms in total. The Morgan fingerprint density at radius 3 is 2.63 bits per heavy atom. The summed E-state index contributed by atoms with van der Waals surface area (Å²) in [4.78, 5) is 20.0. The third-order valence-electron chi connectivity index (χ3n) is 4.46. The van der Waals surface area contributed by atoms with E-state index in [2.05, 4.69) is 5.16 Å². The monoisotopic (exact) mass is 388 g/mol. The van der Waals surface area contributed by atoms with Gasteiger partial charge < -0.3 is 9.74 Å². The van der Waals surface area contributed by atoms with Gasteiger partial charge in [-0.1, -0.05) is 60.9 Å². The number of amides is 1. The van der Waals surface area contributed by atoms with Crippen molar-refractivity contribution in [3.05, 3.63) is 70.5 Å². The molecule has 142 valence electrons. The lowest BCUT2D eigenvalue weighted by Crippen LogP contribution is -2.39. The summed E-state index contributed by atoms with van der Waals surface area (Å²) in [6.45, 7) is 4.58. The van der Waals surface area contributed by atoms with Crippen molar-refractivity contribution in [2.75, 3.05) is 6.54 Å². The van der Waals surface area contributed by atoms with Crippen molar-refractivity contribution in [1.82, 2.24) is 4.90 Å². The summed E-state index contributed by atoms with van der Waals surface area (Å²) >= 11 is 6.26. The summed E-state index contributed by atoms with van der Waals surface area (Å²) in [6.07, 6.45) is 0.325. The second-order valence-electron chi connectivity index (χ2n) is 6.94. The number of halogens is 2. The number of hydrogen-bond donors (Lipinski definition) is 0. The molecule has 0 radical (unpaired) electrons. The summed E-state index contributed by atoms with van der Waals surface area (Å²) in [7, 11) is 0. The molecule has 0 N–H and O–H groups in total. The number of rotatable bonds is 6. The van der Waals surface area contributed by atoms with Gasteiger partial charge in [0.25, 0.3) is 0 Å². The SMILES string of the molecule is CC(C)C(=O)N(Cc1ccccc1Cl)CC1CC(c2ccc(F)cc2)=NO1. The smallest absolute Gasteiger partial charge is 0.225 e. The molecule has 1 aliphatic rings. The first-order valence-electron chi connectivity index (χ1n) is 8.95. The van der Waals surface area contributed by atoms with Gasteiger partial charge in [0, 0.05) is 23.9 Å². The topological polar surface area (TPSA) is 41.9 Å². The lowest BCUT2D eigenvalue weighted by atomic mass is 10.0. The van der Waals surface area contributed by atoms with Crippen molar-refractivity contribution in [3.63, 3.8) is 0 Å². The minimum atomic E-state index is -0.289. The molecular formula is C21H22ClFN2O2. The predicted molar refractivity (Wildman–Crippen MR) is 104 cm³/mol. The fraction of sp³-hybridized carbons (Fsp3) is 0.333. The maximum absolute atomic E-state index is 13.1. The normalized spacial score (nSPS) is 16.2. The van der Waals surface area contributed by atoms with Gasteiger partial charge in [-0.25, -0.2) is 4.39 Å². The Balaban J connectivity index is 1.69. The molecule has 2 aromatic carbocycles. The summed E-state index contributed by atoms with van der Waals surface area (Å²) < 4.78 is 13.1. The van der Waals surface area contributed by atoms with Gasteiger partial charge in [-0.2, -0.15) is 0 Å². The average molecular weight is 389 g/mol. The van der Waals surface area contributed by atoms with Crippen LogP contribution in [0.1, 0.15) is 31.4 Å². The summed E-state index contributed by atoms with van der Waals surface area (Å²) in [6, 6.07) is 13.7. The summed E-state index contributed by atoms with van der Waals surface area (Å²) in [5.74, 6) is -0.386. The van der Waals surface area contributed by atoms with Crippen LogP contribution in [0, 0.1) is 11.7 Å². The number of nitrogens with zero attached hydrogens (tertiary/aromatic N) is 2. The highest BCUT2D eigenvalue weighted by atomic mass is 35.5. The Hall–Kier alpha value is -2.40. The highest BCUT2D eigenvalue weighted by molar-refractivity contribution is 6.31. The number of carbonyl (C=O) groups is 1. The van der Waals surface area contributed by atoms with Crippen LogP contribution in [0.2, 0.25) is 5.02 Å². The maximum atomic E-state index is 13.1. The number of oxime groups is 1. The number of carbonyl (C=O) groups excluding carboxylic acids is 1. The van der Waals surface area contributed by atoms with E-state index in [-0.39, 0.29) is 23.7 Å². The summed E-state index contributed by atoms with van der Waals surface area (Å²) in [5, 5.41) is 4.76. The molecular weight excluding hydrogens is 367 g/mol. The highest BCUT2D eigenvalue weighted by Crippen LogP contribution is 2.22. The zero-order chi connectivity index (χ0) is 19.4. The van der Waals surface area contributed by atoms with Crippen molar-refractivity contribution >= 4 is 23.2 Å². The highest BCUT2D eigenvalue weighted by Gasteiger charge is 2.28. The fourth-order valence-electron chi connectivity index (χ4n) is 3.01. The first-order valence-corrected chi connectivity index (χ1v) is 9.32.